The molecule has 0 saturated carbocycles. The predicted molar refractivity (Wildman–Crippen MR) is 113 cm³/mol. The number of nitrogens with zero attached hydrogens (tertiary/aromatic N) is 1. The fourth-order valence-corrected chi connectivity index (χ4v) is 4.14. The van der Waals surface area contributed by atoms with E-state index in [-0.39, 0.29) is 16.5 Å². The Morgan fingerprint density at radius 1 is 0.964 bits per heavy atom. The quantitative estimate of drug-likeness (QED) is 0.345. The average molecular weight is 394 g/mol. The molecule has 0 aromatic heterocycles. The maximum atomic E-state index is 11.8. The Morgan fingerprint density at radius 2 is 1.50 bits per heavy atom. The lowest BCUT2D eigenvalue weighted by Crippen LogP contribution is -2.17. The average Bonchev–Trinajstić information content (AvgIpc) is 2.72. The lowest BCUT2D eigenvalue weighted by atomic mass is 9.83. The predicted octanol–water partition coefficient (Wildman–Crippen LogP) is 4.08. The van der Waals surface area contributed by atoms with E-state index in [4.69, 9.17) is 9.16 Å². The lowest BCUT2D eigenvalue weighted by Gasteiger charge is -2.28. The van der Waals surface area contributed by atoms with E-state index in [9.17, 15) is 10.1 Å². The summed E-state index contributed by atoms with van der Waals surface area (Å²) in [6, 6.07) is 23.3. The zero-order valence-corrected chi connectivity index (χ0v) is 18.2. The Labute approximate surface area is 167 Å². The summed E-state index contributed by atoms with van der Waals surface area (Å²) in [6.07, 6.45) is -0.471. The van der Waals surface area contributed by atoms with Crippen molar-refractivity contribution in [1.82, 2.24) is 0 Å². The number of aryl methyl sites for hydroxylation is 1. The zero-order chi connectivity index (χ0) is 20.1. The third-order valence-corrected chi connectivity index (χ3v) is 5.43. The van der Waals surface area contributed by atoms with Gasteiger partial charge in [-0.2, -0.15) is 0 Å². The van der Waals surface area contributed by atoms with Crippen LogP contribution in [-0.2, 0) is 4.43 Å². The minimum atomic E-state index is -0.471. The summed E-state index contributed by atoms with van der Waals surface area (Å²) in [5.74, 6) is 0.338. The van der Waals surface area contributed by atoms with Gasteiger partial charge in [0.2, 0.25) is 0 Å². The fraction of sp³-hybridized carbons (Fsp3) is 0.182. The van der Waals surface area contributed by atoms with Crippen molar-refractivity contribution >= 4 is 16.2 Å². The van der Waals surface area contributed by atoms with E-state index in [0.29, 0.717) is 21.8 Å². The lowest BCUT2D eigenvalue weighted by molar-refractivity contribution is -0.386. The second-order valence-electron chi connectivity index (χ2n) is 6.59. The van der Waals surface area contributed by atoms with Gasteiger partial charge in [0.05, 0.1) is 29.8 Å². The molecule has 0 radical (unpaired) electrons. The van der Waals surface area contributed by atoms with Crippen molar-refractivity contribution < 1.29 is 14.1 Å². The van der Waals surface area contributed by atoms with Gasteiger partial charge in [0.15, 0.2) is 0 Å². The summed E-state index contributed by atoms with van der Waals surface area (Å²) in [7, 11) is 1.96. The van der Waals surface area contributed by atoms with Crippen molar-refractivity contribution in [1.29, 1.82) is 0 Å². The molecule has 0 fully saturated rings. The van der Waals surface area contributed by atoms with Crippen LogP contribution in [0.1, 0.15) is 34.3 Å². The van der Waals surface area contributed by atoms with Gasteiger partial charge in [-0.3, -0.25) is 10.1 Å². The summed E-state index contributed by atoms with van der Waals surface area (Å²) < 4.78 is 11.3. The number of hydrogen-bond donors (Lipinski definition) is 0. The molecule has 144 valence electrons. The van der Waals surface area contributed by atoms with Crippen molar-refractivity contribution in [3.05, 3.63) is 105 Å². The SMILES string of the molecule is COc1cc([N+](=O)[O-])c(C(O[SiH3])C(c2ccccc2)c2ccccc2)cc1C. The van der Waals surface area contributed by atoms with E-state index in [1.807, 2.05) is 73.7 Å². The first kappa shape index (κ1) is 19.8. The minimum Gasteiger partial charge on any atom is -0.496 e. The van der Waals surface area contributed by atoms with E-state index in [1.54, 1.807) is 0 Å². The number of nitro benzene ring substituents is 1. The monoisotopic (exact) mass is 393 g/mol. The van der Waals surface area contributed by atoms with E-state index in [1.165, 1.54) is 13.2 Å². The number of ether oxygens (including phenoxy) is 1. The van der Waals surface area contributed by atoms with Crippen LogP contribution in [0, 0.1) is 17.0 Å². The maximum Gasteiger partial charge on any atom is 0.278 e. The van der Waals surface area contributed by atoms with Crippen molar-refractivity contribution in [2.75, 3.05) is 7.11 Å². The summed E-state index contributed by atoms with van der Waals surface area (Å²) in [5.41, 5.74) is 3.53. The summed E-state index contributed by atoms with van der Waals surface area (Å²) in [6.45, 7) is 1.89. The van der Waals surface area contributed by atoms with Crippen molar-refractivity contribution in [2.24, 2.45) is 0 Å². The van der Waals surface area contributed by atoms with Crippen LogP contribution in [0.4, 0.5) is 5.69 Å². The molecule has 6 heteroatoms. The molecule has 3 aromatic rings. The van der Waals surface area contributed by atoms with Crippen molar-refractivity contribution in [2.45, 2.75) is 18.9 Å². The smallest absolute Gasteiger partial charge is 0.278 e. The van der Waals surface area contributed by atoms with Gasteiger partial charge in [0.25, 0.3) is 5.69 Å². The molecule has 28 heavy (non-hydrogen) atoms. The summed E-state index contributed by atoms with van der Waals surface area (Å²) in [5, 5.41) is 11.8. The van der Waals surface area contributed by atoms with Crippen LogP contribution in [0.3, 0.4) is 0 Å². The Kier molecular flexibility index (Phi) is 6.23. The molecule has 1 unspecified atom stereocenters. The molecule has 3 rings (SSSR count). The van der Waals surface area contributed by atoms with E-state index in [0.717, 1.165) is 16.7 Å². The molecule has 0 aliphatic heterocycles. The molecule has 0 N–H and O–H groups in total. The van der Waals surface area contributed by atoms with Crippen LogP contribution < -0.4 is 4.74 Å². The Balaban J connectivity index is 2.22. The number of hydrogen-bond acceptors (Lipinski definition) is 4. The van der Waals surface area contributed by atoms with Crippen molar-refractivity contribution in [3.8, 4) is 5.75 Å². The van der Waals surface area contributed by atoms with Crippen LogP contribution in [-0.4, -0.2) is 22.5 Å². The van der Waals surface area contributed by atoms with Gasteiger partial charge in [-0.25, -0.2) is 0 Å². The number of benzene rings is 3. The molecule has 0 amide bonds. The minimum absolute atomic E-state index is 0.0140. The Bertz CT molecular complexity index is 908. The molecule has 0 spiro atoms. The fourth-order valence-electron chi connectivity index (χ4n) is 3.61. The van der Waals surface area contributed by atoms with Gasteiger partial charge in [-0.1, -0.05) is 60.7 Å². The maximum absolute atomic E-state index is 11.8. The normalized spacial score (nSPS) is 12.1. The first-order chi connectivity index (χ1) is 13.6. The van der Waals surface area contributed by atoms with Crippen LogP contribution in [0.2, 0.25) is 0 Å². The third-order valence-electron chi connectivity index (χ3n) is 4.92. The van der Waals surface area contributed by atoms with Gasteiger partial charge in [0, 0.05) is 5.92 Å². The highest BCUT2D eigenvalue weighted by Crippen LogP contribution is 2.43. The first-order valence-corrected chi connectivity index (χ1v) is 9.84. The number of methoxy groups -OCH3 is 1. The molecular weight excluding hydrogens is 370 g/mol. The van der Waals surface area contributed by atoms with Crippen LogP contribution >= 0.6 is 0 Å². The molecule has 0 aliphatic rings. The largest absolute Gasteiger partial charge is 0.496 e. The van der Waals surface area contributed by atoms with Gasteiger partial charge < -0.3 is 9.16 Å². The van der Waals surface area contributed by atoms with Gasteiger partial charge in [-0.05, 0) is 29.7 Å². The molecule has 0 heterocycles. The molecule has 0 saturated heterocycles. The van der Waals surface area contributed by atoms with Crippen molar-refractivity contribution in [3.63, 3.8) is 0 Å². The second kappa shape index (κ2) is 8.82. The van der Waals surface area contributed by atoms with E-state index < -0.39 is 6.10 Å². The Morgan fingerprint density at radius 3 is 1.93 bits per heavy atom. The molecule has 0 bridgehead atoms. The van der Waals surface area contributed by atoms with E-state index in [2.05, 4.69) is 0 Å². The third kappa shape index (κ3) is 3.98. The van der Waals surface area contributed by atoms with Gasteiger partial charge in [0.1, 0.15) is 16.2 Å². The number of rotatable bonds is 7. The highest BCUT2D eigenvalue weighted by molar-refractivity contribution is 5.98. The summed E-state index contributed by atoms with van der Waals surface area (Å²) in [4.78, 5) is 11.5. The summed E-state index contributed by atoms with van der Waals surface area (Å²) >= 11 is 0. The topological polar surface area (TPSA) is 61.6 Å². The molecule has 1 atom stereocenters. The highest BCUT2D eigenvalue weighted by Gasteiger charge is 2.32. The standard InChI is InChI=1S/C22H23NO4Si/c1-15-13-18(19(23(24)25)14-20(15)26-2)22(27-28)21(16-9-5-3-6-10-16)17-11-7-4-8-12-17/h3-14,21-22H,1-2,28H3. The Hall–Kier alpha value is -2.96. The first-order valence-electron chi connectivity index (χ1n) is 9.02. The molecule has 3 aromatic carbocycles. The van der Waals surface area contributed by atoms with Crippen LogP contribution in [0.15, 0.2) is 72.8 Å². The number of nitro groups is 1. The second-order valence-corrected chi connectivity index (χ2v) is 7.06. The molecule has 0 aliphatic carbocycles. The molecule has 5 nitrogen and oxygen atoms in total. The van der Waals surface area contributed by atoms with Gasteiger partial charge in [-0.15, -0.1) is 0 Å². The van der Waals surface area contributed by atoms with Crippen LogP contribution in [0.5, 0.6) is 5.75 Å². The van der Waals surface area contributed by atoms with E-state index >= 15 is 0 Å². The zero-order valence-electron chi connectivity index (χ0n) is 16.2. The van der Waals surface area contributed by atoms with Gasteiger partial charge >= 0.3 is 0 Å². The highest BCUT2D eigenvalue weighted by atomic mass is 28.2. The molecular formula is C22H23NO4Si. The van der Waals surface area contributed by atoms with Crippen LogP contribution in [0.25, 0.3) is 0 Å².